The van der Waals surface area contributed by atoms with Gasteiger partial charge in [0.05, 0.1) is 24.8 Å². The van der Waals surface area contributed by atoms with Crippen molar-refractivity contribution in [2.24, 2.45) is 0 Å². The standard InChI is InChI=1S/C22H22FN3O2/c1-15-22(17-7-9-18(23)10-8-17)24-20-14-25(11-12-26(15)20)21(28)13-19(27)16-5-3-2-4-6-16/h2-10,19,27H,11-14H2,1H3/t19-/m1/s1. The van der Waals surface area contributed by atoms with Crippen molar-refractivity contribution in [2.75, 3.05) is 6.54 Å². The zero-order chi connectivity index (χ0) is 19.7. The van der Waals surface area contributed by atoms with Crippen molar-refractivity contribution in [3.8, 4) is 11.3 Å². The molecular formula is C22H22FN3O2. The Labute approximate surface area is 163 Å². The van der Waals surface area contributed by atoms with Crippen LogP contribution in [0.15, 0.2) is 54.6 Å². The first-order valence-electron chi connectivity index (χ1n) is 9.35. The molecule has 0 saturated carbocycles. The van der Waals surface area contributed by atoms with Gasteiger partial charge >= 0.3 is 0 Å². The maximum Gasteiger partial charge on any atom is 0.225 e. The lowest BCUT2D eigenvalue weighted by atomic mass is 10.1. The third-order valence-electron chi connectivity index (χ3n) is 5.25. The fourth-order valence-electron chi connectivity index (χ4n) is 3.66. The van der Waals surface area contributed by atoms with E-state index in [0.29, 0.717) is 19.6 Å². The second-order valence-electron chi connectivity index (χ2n) is 7.07. The third-order valence-corrected chi connectivity index (χ3v) is 5.25. The van der Waals surface area contributed by atoms with Crippen LogP contribution in [0.5, 0.6) is 0 Å². The smallest absolute Gasteiger partial charge is 0.225 e. The average molecular weight is 379 g/mol. The predicted molar refractivity (Wildman–Crippen MR) is 104 cm³/mol. The lowest BCUT2D eigenvalue weighted by Gasteiger charge is -2.29. The van der Waals surface area contributed by atoms with E-state index in [4.69, 9.17) is 4.98 Å². The van der Waals surface area contributed by atoms with Gasteiger partial charge in [0.15, 0.2) is 0 Å². The number of aliphatic hydroxyl groups excluding tert-OH is 1. The number of aliphatic hydroxyl groups is 1. The molecule has 1 amide bonds. The summed E-state index contributed by atoms with van der Waals surface area (Å²) < 4.78 is 15.3. The molecule has 2 aromatic carbocycles. The number of nitrogens with zero attached hydrogens (tertiary/aromatic N) is 3. The van der Waals surface area contributed by atoms with Crippen LogP contribution in [-0.2, 0) is 17.9 Å². The number of carbonyl (C=O) groups excluding carboxylic acids is 1. The van der Waals surface area contributed by atoms with Crippen molar-refractivity contribution in [2.45, 2.75) is 32.5 Å². The average Bonchev–Trinajstić information content (AvgIpc) is 3.05. The van der Waals surface area contributed by atoms with Gasteiger partial charge in [-0.15, -0.1) is 0 Å². The van der Waals surface area contributed by atoms with Crippen molar-refractivity contribution >= 4 is 5.91 Å². The summed E-state index contributed by atoms with van der Waals surface area (Å²) >= 11 is 0. The molecule has 28 heavy (non-hydrogen) atoms. The van der Waals surface area contributed by atoms with Crippen LogP contribution in [0.1, 0.15) is 29.6 Å². The minimum absolute atomic E-state index is 0.0501. The van der Waals surface area contributed by atoms with Crippen LogP contribution in [0.3, 0.4) is 0 Å². The van der Waals surface area contributed by atoms with Gasteiger partial charge < -0.3 is 14.6 Å². The highest BCUT2D eigenvalue weighted by Crippen LogP contribution is 2.27. The quantitative estimate of drug-likeness (QED) is 0.755. The molecule has 1 aliphatic rings. The molecule has 1 aliphatic heterocycles. The number of aromatic nitrogens is 2. The molecule has 1 N–H and O–H groups in total. The summed E-state index contributed by atoms with van der Waals surface area (Å²) in [5.74, 6) is 0.441. The van der Waals surface area contributed by atoms with E-state index >= 15 is 0 Å². The van der Waals surface area contributed by atoms with Crippen LogP contribution in [-0.4, -0.2) is 32.0 Å². The molecule has 0 spiro atoms. The zero-order valence-corrected chi connectivity index (χ0v) is 15.7. The van der Waals surface area contributed by atoms with E-state index in [1.807, 2.05) is 37.3 Å². The summed E-state index contributed by atoms with van der Waals surface area (Å²) in [4.78, 5) is 19.1. The van der Waals surface area contributed by atoms with E-state index in [0.717, 1.165) is 28.3 Å². The van der Waals surface area contributed by atoms with Gasteiger partial charge in [-0.05, 0) is 36.8 Å². The van der Waals surface area contributed by atoms with Gasteiger partial charge in [0.1, 0.15) is 11.6 Å². The Bertz CT molecular complexity index is 983. The zero-order valence-electron chi connectivity index (χ0n) is 15.7. The number of halogens is 1. The largest absolute Gasteiger partial charge is 0.388 e. The molecule has 0 unspecified atom stereocenters. The van der Waals surface area contributed by atoms with Crippen LogP contribution < -0.4 is 0 Å². The summed E-state index contributed by atoms with van der Waals surface area (Å²) in [6, 6.07) is 15.5. The highest BCUT2D eigenvalue weighted by atomic mass is 19.1. The number of imidazole rings is 1. The van der Waals surface area contributed by atoms with Crippen LogP contribution in [0.25, 0.3) is 11.3 Å². The maximum absolute atomic E-state index is 13.2. The van der Waals surface area contributed by atoms with Gasteiger partial charge in [0.25, 0.3) is 0 Å². The van der Waals surface area contributed by atoms with Crippen molar-refractivity contribution in [1.82, 2.24) is 14.5 Å². The summed E-state index contributed by atoms with van der Waals surface area (Å²) in [6.07, 6.45) is -0.763. The lowest BCUT2D eigenvalue weighted by molar-refractivity contribution is -0.134. The number of amides is 1. The minimum Gasteiger partial charge on any atom is -0.388 e. The first-order valence-corrected chi connectivity index (χ1v) is 9.35. The molecule has 2 heterocycles. The maximum atomic E-state index is 13.2. The Morgan fingerprint density at radius 2 is 1.86 bits per heavy atom. The van der Waals surface area contributed by atoms with E-state index in [1.165, 1.54) is 12.1 Å². The van der Waals surface area contributed by atoms with Gasteiger partial charge in [-0.25, -0.2) is 9.37 Å². The Balaban J connectivity index is 1.49. The van der Waals surface area contributed by atoms with Crippen LogP contribution in [0.2, 0.25) is 0 Å². The summed E-state index contributed by atoms with van der Waals surface area (Å²) in [6.45, 7) is 3.63. The molecule has 144 valence electrons. The minimum atomic E-state index is -0.813. The summed E-state index contributed by atoms with van der Waals surface area (Å²) in [7, 11) is 0. The first-order chi connectivity index (χ1) is 13.5. The first kappa shape index (κ1) is 18.4. The van der Waals surface area contributed by atoms with E-state index in [9.17, 15) is 14.3 Å². The fraction of sp³-hybridized carbons (Fsp3) is 0.273. The topological polar surface area (TPSA) is 58.4 Å². The van der Waals surface area contributed by atoms with E-state index in [2.05, 4.69) is 4.57 Å². The predicted octanol–water partition coefficient (Wildman–Crippen LogP) is 3.46. The lowest BCUT2D eigenvalue weighted by Crippen LogP contribution is -2.39. The Morgan fingerprint density at radius 1 is 1.14 bits per heavy atom. The van der Waals surface area contributed by atoms with Gasteiger partial charge in [0.2, 0.25) is 5.91 Å². The summed E-state index contributed by atoms with van der Waals surface area (Å²) in [5, 5.41) is 10.3. The van der Waals surface area contributed by atoms with Crippen molar-refractivity contribution < 1.29 is 14.3 Å². The second-order valence-corrected chi connectivity index (χ2v) is 7.07. The second kappa shape index (κ2) is 7.56. The number of rotatable bonds is 4. The monoisotopic (exact) mass is 379 g/mol. The number of fused-ring (bicyclic) bond motifs is 1. The Hall–Kier alpha value is -2.99. The Morgan fingerprint density at radius 3 is 2.57 bits per heavy atom. The molecule has 0 saturated heterocycles. The Kier molecular flexibility index (Phi) is 4.96. The van der Waals surface area contributed by atoms with Crippen molar-refractivity contribution in [1.29, 1.82) is 0 Å². The van der Waals surface area contributed by atoms with Crippen LogP contribution in [0, 0.1) is 12.7 Å². The van der Waals surface area contributed by atoms with E-state index in [-0.39, 0.29) is 18.1 Å². The SMILES string of the molecule is Cc1c(-c2ccc(F)cc2)nc2n1CCN(C(=O)C[C@@H](O)c1ccccc1)C2. The van der Waals surface area contributed by atoms with E-state index < -0.39 is 6.10 Å². The number of carbonyl (C=O) groups is 1. The molecular weight excluding hydrogens is 357 g/mol. The highest BCUT2D eigenvalue weighted by molar-refractivity contribution is 5.77. The van der Waals surface area contributed by atoms with Gasteiger partial charge in [-0.1, -0.05) is 30.3 Å². The molecule has 6 heteroatoms. The third kappa shape index (κ3) is 3.55. The van der Waals surface area contributed by atoms with Crippen molar-refractivity contribution in [3.05, 3.63) is 77.5 Å². The number of benzene rings is 2. The van der Waals surface area contributed by atoms with Gasteiger partial charge in [-0.3, -0.25) is 4.79 Å². The molecule has 1 aromatic heterocycles. The molecule has 0 radical (unpaired) electrons. The van der Waals surface area contributed by atoms with Crippen LogP contribution >= 0.6 is 0 Å². The molecule has 4 rings (SSSR count). The highest BCUT2D eigenvalue weighted by Gasteiger charge is 2.26. The molecule has 1 atom stereocenters. The molecule has 3 aromatic rings. The molecule has 0 bridgehead atoms. The molecule has 0 fully saturated rings. The van der Waals surface area contributed by atoms with Gasteiger partial charge in [-0.2, -0.15) is 0 Å². The normalized spacial score (nSPS) is 14.6. The number of hydrogen-bond donors (Lipinski definition) is 1. The molecule has 5 nitrogen and oxygen atoms in total. The van der Waals surface area contributed by atoms with Gasteiger partial charge in [0, 0.05) is 24.3 Å². The molecule has 0 aliphatic carbocycles. The summed E-state index contributed by atoms with van der Waals surface area (Å²) in [5.41, 5.74) is 3.42. The number of hydrogen-bond acceptors (Lipinski definition) is 3. The van der Waals surface area contributed by atoms with Crippen LogP contribution in [0.4, 0.5) is 4.39 Å². The fourth-order valence-corrected chi connectivity index (χ4v) is 3.66. The van der Waals surface area contributed by atoms with Crippen molar-refractivity contribution in [3.63, 3.8) is 0 Å². The van der Waals surface area contributed by atoms with E-state index in [1.54, 1.807) is 17.0 Å².